The molecule has 0 saturated carbocycles. The van der Waals surface area contributed by atoms with E-state index in [1.807, 2.05) is 35.2 Å². The van der Waals surface area contributed by atoms with Crippen LogP contribution in [0.5, 0.6) is 0 Å². The molecule has 2 N–H and O–H groups in total. The van der Waals surface area contributed by atoms with Gasteiger partial charge >= 0.3 is 35.7 Å². The number of benzene rings is 1. The van der Waals surface area contributed by atoms with Gasteiger partial charge in [0, 0.05) is 18.0 Å². The van der Waals surface area contributed by atoms with Crippen LogP contribution in [0.2, 0.25) is 0 Å². The van der Waals surface area contributed by atoms with E-state index < -0.39 is 12.2 Å². The first-order chi connectivity index (χ1) is 12.2. The van der Waals surface area contributed by atoms with Crippen molar-refractivity contribution in [1.82, 2.24) is 14.7 Å². The van der Waals surface area contributed by atoms with E-state index in [-0.39, 0.29) is 29.6 Å². The van der Waals surface area contributed by atoms with Crippen molar-refractivity contribution in [2.75, 3.05) is 6.54 Å². The van der Waals surface area contributed by atoms with Gasteiger partial charge in [0.15, 0.2) is 0 Å². The van der Waals surface area contributed by atoms with Crippen LogP contribution in [-0.2, 0) is 0 Å². The van der Waals surface area contributed by atoms with Crippen LogP contribution in [0.15, 0.2) is 30.5 Å². The van der Waals surface area contributed by atoms with Crippen LogP contribution in [-0.4, -0.2) is 43.7 Å². The number of fused-ring (bicyclic) bond motifs is 1. The van der Waals surface area contributed by atoms with Gasteiger partial charge in [-0.15, -0.1) is 0 Å². The van der Waals surface area contributed by atoms with Gasteiger partial charge in [0.2, 0.25) is 6.16 Å². The van der Waals surface area contributed by atoms with E-state index >= 15 is 0 Å². The molecule has 2 heterocycles. The van der Waals surface area contributed by atoms with E-state index in [4.69, 9.17) is 15.0 Å². The van der Waals surface area contributed by atoms with Gasteiger partial charge in [-0.05, 0) is 43.9 Å². The fraction of sp³-hybridized carbons (Fsp3) is 0.389. The molecule has 2 aromatic rings. The van der Waals surface area contributed by atoms with Gasteiger partial charge in [0.05, 0.1) is 17.4 Å². The van der Waals surface area contributed by atoms with Crippen LogP contribution >= 0.6 is 0 Å². The molecule has 9 heteroatoms. The summed E-state index contributed by atoms with van der Waals surface area (Å²) in [6.45, 7) is 6.80. The number of hydrogen-bond donors (Lipinski definition) is 2. The average molecular weight is 383 g/mol. The van der Waals surface area contributed by atoms with Crippen molar-refractivity contribution in [3.63, 3.8) is 0 Å². The van der Waals surface area contributed by atoms with Gasteiger partial charge < -0.3 is 20.1 Å². The van der Waals surface area contributed by atoms with Gasteiger partial charge in [-0.1, -0.05) is 19.1 Å². The molecule has 0 saturated heterocycles. The summed E-state index contributed by atoms with van der Waals surface area (Å²) in [5.74, 6) is 0.354. The first-order valence-electron chi connectivity index (χ1n) is 8.29. The fourth-order valence-electron chi connectivity index (χ4n) is 2.99. The molecule has 0 bridgehead atoms. The number of hydrogen-bond acceptors (Lipinski definition) is 4. The zero-order valence-electron chi connectivity index (χ0n) is 15.9. The molecule has 0 aliphatic carbocycles. The monoisotopic (exact) mass is 383 g/mol. The summed E-state index contributed by atoms with van der Waals surface area (Å²) in [6.07, 6.45) is 1.80. The Morgan fingerprint density at radius 2 is 1.93 bits per heavy atom. The van der Waals surface area contributed by atoms with Crippen LogP contribution in [0.3, 0.4) is 0 Å². The van der Waals surface area contributed by atoms with E-state index in [9.17, 15) is 9.90 Å². The molecule has 0 spiro atoms. The fourth-order valence-corrected chi connectivity index (χ4v) is 2.99. The van der Waals surface area contributed by atoms with Crippen molar-refractivity contribution in [1.29, 1.82) is 0 Å². The molecule has 1 amide bonds. The maximum atomic E-state index is 11.5. The Kier molecular flexibility index (Phi) is 8.33. The van der Waals surface area contributed by atoms with Gasteiger partial charge in [0.25, 0.3) is 0 Å². The molecule has 27 heavy (non-hydrogen) atoms. The molecule has 1 aromatic heterocycles. The Bertz CT molecular complexity index is 843. The second-order valence-electron chi connectivity index (χ2n) is 6.55. The normalized spacial score (nSPS) is 16.2. The van der Waals surface area contributed by atoms with Crippen molar-refractivity contribution in [3.8, 4) is 0 Å². The quantitative estimate of drug-likeness (QED) is 0.698. The van der Waals surface area contributed by atoms with Crippen molar-refractivity contribution < 1.29 is 54.5 Å². The second kappa shape index (κ2) is 9.77. The number of rotatable bonds is 2. The average Bonchev–Trinajstić information content (AvgIpc) is 2.97. The summed E-state index contributed by atoms with van der Waals surface area (Å²) < 4.78 is 1.98. The molecule has 1 atom stereocenters. The summed E-state index contributed by atoms with van der Waals surface area (Å²) in [5, 5.41) is 30.2. The number of nitrogens with zero attached hydrogens (tertiary/aromatic N) is 3. The van der Waals surface area contributed by atoms with Gasteiger partial charge in [-0.3, -0.25) is 9.58 Å². The van der Waals surface area contributed by atoms with Crippen LogP contribution in [0, 0.1) is 5.92 Å². The van der Waals surface area contributed by atoms with Crippen LogP contribution in [0.25, 0.3) is 16.6 Å². The number of amides is 1. The Morgan fingerprint density at radius 1 is 1.30 bits per heavy atom. The van der Waals surface area contributed by atoms with Crippen molar-refractivity contribution in [3.05, 3.63) is 36.0 Å². The van der Waals surface area contributed by atoms with Crippen molar-refractivity contribution in [2.24, 2.45) is 5.92 Å². The molecule has 1 aliphatic heterocycles. The zero-order valence-corrected chi connectivity index (χ0v) is 17.9. The largest absolute Gasteiger partial charge is 1.00 e. The Balaban J connectivity index is 0.000000666. The molecular formula is C18H22N3NaO5. The Morgan fingerprint density at radius 3 is 2.48 bits per heavy atom. The van der Waals surface area contributed by atoms with Crippen molar-refractivity contribution >= 4 is 28.8 Å². The van der Waals surface area contributed by atoms with E-state index in [2.05, 4.69) is 25.9 Å². The van der Waals surface area contributed by atoms with E-state index in [1.54, 1.807) is 0 Å². The SMILES string of the molecule is CC1CC=C(c2ccc3c(cnn3C(C)C)c2)N(C(=O)O)C1.O=C([O-])O.[Na+]. The van der Waals surface area contributed by atoms with Crippen LogP contribution < -0.4 is 34.7 Å². The van der Waals surface area contributed by atoms with Gasteiger partial charge in [-0.2, -0.15) is 5.10 Å². The smallest absolute Gasteiger partial charge is 0.565 e. The molecule has 140 valence electrons. The number of aromatic nitrogens is 2. The van der Waals surface area contributed by atoms with Crippen molar-refractivity contribution in [2.45, 2.75) is 33.2 Å². The summed E-state index contributed by atoms with van der Waals surface area (Å²) in [7, 11) is 0. The molecule has 1 aromatic carbocycles. The molecule has 3 rings (SSSR count). The number of allylic oxidation sites excluding steroid dienone is 1. The Hall–Kier alpha value is -2.03. The third kappa shape index (κ3) is 5.72. The minimum Gasteiger partial charge on any atom is -0.565 e. The number of carboxylic acid groups (broad SMARTS) is 3. The topological polar surface area (TPSA) is 119 Å². The third-order valence-corrected chi connectivity index (χ3v) is 4.11. The molecule has 0 radical (unpaired) electrons. The molecule has 1 unspecified atom stereocenters. The summed E-state index contributed by atoms with van der Waals surface area (Å²) in [6, 6.07) is 6.34. The van der Waals surface area contributed by atoms with Gasteiger partial charge in [0.1, 0.15) is 0 Å². The van der Waals surface area contributed by atoms with E-state index in [1.165, 1.54) is 4.90 Å². The first-order valence-corrected chi connectivity index (χ1v) is 8.29. The summed E-state index contributed by atoms with van der Waals surface area (Å²) >= 11 is 0. The first kappa shape index (κ1) is 23.0. The minimum atomic E-state index is -2.08. The van der Waals surface area contributed by atoms with Crippen LogP contribution in [0.1, 0.15) is 38.8 Å². The maximum Gasteiger partial charge on any atom is 1.00 e. The Labute approximate surface area is 179 Å². The van der Waals surface area contributed by atoms with Crippen LogP contribution in [0.4, 0.5) is 9.59 Å². The van der Waals surface area contributed by atoms with Gasteiger partial charge in [-0.25, -0.2) is 4.79 Å². The standard InChI is InChI=1S/C17H21N3O2.CH2O3.Na/c1-11(2)20-16-7-5-13(8-14(16)9-18-20)15-6-4-12(3)10-19(15)17(21)22;2-1(3)4;/h5-9,11-12H,4,10H2,1-3H3,(H,21,22);(H2,2,3,4);/q;;+1/p-1. The predicted molar refractivity (Wildman–Crippen MR) is 94.6 cm³/mol. The molecule has 0 fully saturated rings. The zero-order chi connectivity index (χ0) is 19.4. The second-order valence-corrected chi connectivity index (χ2v) is 6.55. The maximum absolute atomic E-state index is 11.5. The number of carbonyl (C=O) groups is 2. The van der Waals surface area contributed by atoms with E-state index in [0.29, 0.717) is 18.5 Å². The summed E-state index contributed by atoms with van der Waals surface area (Å²) in [5.41, 5.74) is 2.79. The minimum absolute atomic E-state index is 0. The third-order valence-electron chi connectivity index (χ3n) is 4.11. The molecular weight excluding hydrogens is 361 g/mol. The summed E-state index contributed by atoms with van der Waals surface area (Å²) in [4.78, 5) is 21.4. The van der Waals surface area contributed by atoms with E-state index in [0.717, 1.165) is 28.6 Å². The molecule has 8 nitrogen and oxygen atoms in total. The molecule has 1 aliphatic rings. The predicted octanol–water partition coefficient (Wildman–Crippen LogP) is -0.130.